The summed E-state index contributed by atoms with van der Waals surface area (Å²) in [6.07, 6.45) is 1.60. The first-order chi connectivity index (χ1) is 9.08. The van der Waals surface area contributed by atoms with Crippen LogP contribution in [-0.2, 0) is 6.54 Å². The number of rotatable bonds is 4. The first-order valence-corrected chi connectivity index (χ1v) is 6.90. The number of nitrogens with one attached hydrogen (secondary N) is 1. The Labute approximate surface area is 117 Å². The molecule has 0 saturated carbocycles. The zero-order chi connectivity index (χ0) is 13.8. The molecular formula is C14H17N3OS. The summed E-state index contributed by atoms with van der Waals surface area (Å²) in [5, 5.41) is 5.34. The van der Waals surface area contributed by atoms with Gasteiger partial charge in [-0.3, -0.25) is 4.79 Å². The summed E-state index contributed by atoms with van der Waals surface area (Å²) < 4.78 is 0. The second-order valence-electron chi connectivity index (χ2n) is 4.51. The number of amides is 1. The van der Waals surface area contributed by atoms with Gasteiger partial charge >= 0.3 is 0 Å². The molecule has 0 aliphatic heterocycles. The first-order valence-electron chi connectivity index (χ1n) is 6.02. The molecule has 2 heterocycles. The van der Waals surface area contributed by atoms with E-state index in [0.29, 0.717) is 5.56 Å². The Balaban J connectivity index is 1.99. The predicted molar refractivity (Wildman–Crippen MR) is 78.6 cm³/mol. The Morgan fingerprint density at radius 2 is 2.16 bits per heavy atom. The van der Waals surface area contributed by atoms with E-state index in [1.54, 1.807) is 42.6 Å². The van der Waals surface area contributed by atoms with Gasteiger partial charge in [0.2, 0.25) is 0 Å². The summed E-state index contributed by atoms with van der Waals surface area (Å²) in [4.78, 5) is 18.8. The zero-order valence-corrected chi connectivity index (χ0v) is 12.1. The average molecular weight is 275 g/mol. The first kappa shape index (κ1) is 13.5. The highest BCUT2D eigenvalue weighted by atomic mass is 32.1. The van der Waals surface area contributed by atoms with Crippen molar-refractivity contribution >= 4 is 23.1 Å². The Morgan fingerprint density at radius 1 is 1.37 bits per heavy atom. The number of carbonyl (C=O) groups excluding carboxylic acids is 1. The number of pyridine rings is 1. The summed E-state index contributed by atoms with van der Waals surface area (Å²) in [5.41, 5.74) is 1.89. The highest BCUT2D eigenvalue weighted by Crippen LogP contribution is 2.17. The molecule has 5 heteroatoms. The summed E-state index contributed by atoms with van der Waals surface area (Å²) in [5.74, 6) is 0.747. The van der Waals surface area contributed by atoms with Crippen molar-refractivity contribution in [1.82, 2.24) is 9.88 Å². The van der Waals surface area contributed by atoms with E-state index >= 15 is 0 Å². The van der Waals surface area contributed by atoms with Gasteiger partial charge in [0.1, 0.15) is 5.82 Å². The molecule has 100 valence electrons. The standard InChI is InChI=1S/C14H17N3OS/c1-10-6-7-19-12(10)9-16-13-5-4-11(8-15-13)14(18)17(2)3/h4-8H,9H2,1-3H3,(H,15,16). The van der Waals surface area contributed by atoms with E-state index in [4.69, 9.17) is 0 Å². The topological polar surface area (TPSA) is 45.2 Å². The molecule has 0 radical (unpaired) electrons. The van der Waals surface area contributed by atoms with Crippen molar-refractivity contribution in [2.45, 2.75) is 13.5 Å². The number of anilines is 1. The van der Waals surface area contributed by atoms with Gasteiger partial charge in [-0.05, 0) is 36.1 Å². The average Bonchev–Trinajstić information content (AvgIpc) is 2.81. The van der Waals surface area contributed by atoms with Crippen molar-refractivity contribution in [3.05, 3.63) is 45.8 Å². The summed E-state index contributed by atoms with van der Waals surface area (Å²) in [6.45, 7) is 2.86. The third kappa shape index (κ3) is 3.32. The molecule has 2 aromatic heterocycles. The summed E-state index contributed by atoms with van der Waals surface area (Å²) in [7, 11) is 3.46. The van der Waals surface area contributed by atoms with E-state index in [1.807, 2.05) is 6.07 Å². The number of nitrogens with zero attached hydrogens (tertiary/aromatic N) is 2. The molecule has 0 saturated heterocycles. The number of carbonyl (C=O) groups is 1. The lowest BCUT2D eigenvalue weighted by Gasteiger charge is -2.10. The molecule has 2 rings (SSSR count). The van der Waals surface area contributed by atoms with Crippen LogP contribution in [0.15, 0.2) is 29.8 Å². The molecule has 0 aliphatic rings. The number of aromatic nitrogens is 1. The Bertz CT molecular complexity index is 560. The maximum absolute atomic E-state index is 11.7. The fraction of sp³-hybridized carbons (Fsp3) is 0.286. The number of aryl methyl sites for hydroxylation is 1. The lowest BCUT2D eigenvalue weighted by atomic mass is 10.2. The molecule has 0 aromatic carbocycles. The minimum Gasteiger partial charge on any atom is -0.365 e. The van der Waals surface area contributed by atoms with Crippen molar-refractivity contribution in [1.29, 1.82) is 0 Å². The van der Waals surface area contributed by atoms with E-state index in [-0.39, 0.29) is 5.91 Å². The largest absolute Gasteiger partial charge is 0.365 e. The van der Waals surface area contributed by atoms with Crippen LogP contribution in [0.5, 0.6) is 0 Å². The molecule has 4 nitrogen and oxygen atoms in total. The molecule has 1 N–H and O–H groups in total. The molecule has 0 atom stereocenters. The van der Waals surface area contributed by atoms with Crippen LogP contribution in [0, 0.1) is 6.92 Å². The molecule has 0 fully saturated rings. The predicted octanol–water partition coefficient (Wildman–Crippen LogP) is 2.77. The fourth-order valence-corrected chi connectivity index (χ4v) is 2.49. The third-order valence-corrected chi connectivity index (χ3v) is 3.84. The van der Waals surface area contributed by atoms with E-state index in [0.717, 1.165) is 12.4 Å². The van der Waals surface area contributed by atoms with Gasteiger partial charge < -0.3 is 10.2 Å². The van der Waals surface area contributed by atoms with Gasteiger partial charge in [-0.2, -0.15) is 0 Å². The molecule has 2 aromatic rings. The molecule has 19 heavy (non-hydrogen) atoms. The van der Waals surface area contributed by atoms with E-state index in [1.165, 1.54) is 10.4 Å². The van der Waals surface area contributed by atoms with Gasteiger partial charge in [0, 0.05) is 25.2 Å². The monoisotopic (exact) mass is 275 g/mol. The SMILES string of the molecule is Cc1ccsc1CNc1ccc(C(=O)N(C)C)cn1. The van der Waals surface area contributed by atoms with Crippen LogP contribution >= 0.6 is 11.3 Å². The molecule has 0 spiro atoms. The quantitative estimate of drug-likeness (QED) is 0.933. The second kappa shape index (κ2) is 5.84. The Kier molecular flexibility index (Phi) is 4.16. The molecule has 0 bridgehead atoms. The van der Waals surface area contributed by atoms with Gasteiger partial charge in [0.05, 0.1) is 12.1 Å². The molecule has 0 unspecified atom stereocenters. The minimum atomic E-state index is -0.0341. The lowest BCUT2D eigenvalue weighted by molar-refractivity contribution is 0.0827. The van der Waals surface area contributed by atoms with Gasteiger partial charge in [0.15, 0.2) is 0 Å². The zero-order valence-electron chi connectivity index (χ0n) is 11.3. The van der Waals surface area contributed by atoms with Gasteiger partial charge in [0.25, 0.3) is 5.91 Å². The lowest BCUT2D eigenvalue weighted by Crippen LogP contribution is -2.21. The normalized spacial score (nSPS) is 10.3. The van der Waals surface area contributed by atoms with E-state index in [9.17, 15) is 4.79 Å². The Morgan fingerprint density at radius 3 is 2.68 bits per heavy atom. The highest BCUT2D eigenvalue weighted by molar-refractivity contribution is 7.10. The molecule has 1 amide bonds. The van der Waals surface area contributed by atoms with Crippen LogP contribution in [0.4, 0.5) is 5.82 Å². The van der Waals surface area contributed by atoms with E-state index in [2.05, 4.69) is 28.7 Å². The van der Waals surface area contributed by atoms with Gasteiger partial charge in [-0.25, -0.2) is 4.98 Å². The van der Waals surface area contributed by atoms with Crippen LogP contribution in [0.2, 0.25) is 0 Å². The number of thiophene rings is 1. The third-order valence-electron chi connectivity index (χ3n) is 2.81. The van der Waals surface area contributed by atoms with E-state index < -0.39 is 0 Å². The summed E-state index contributed by atoms with van der Waals surface area (Å²) in [6, 6.07) is 5.73. The van der Waals surface area contributed by atoms with Crippen molar-refractivity contribution in [3.8, 4) is 0 Å². The van der Waals surface area contributed by atoms with Crippen LogP contribution < -0.4 is 5.32 Å². The van der Waals surface area contributed by atoms with Crippen molar-refractivity contribution in [2.75, 3.05) is 19.4 Å². The summed E-state index contributed by atoms with van der Waals surface area (Å²) >= 11 is 1.73. The van der Waals surface area contributed by atoms with Crippen molar-refractivity contribution in [2.24, 2.45) is 0 Å². The minimum absolute atomic E-state index is 0.0341. The Hall–Kier alpha value is -1.88. The van der Waals surface area contributed by atoms with Crippen LogP contribution in [0.3, 0.4) is 0 Å². The van der Waals surface area contributed by atoms with Crippen molar-refractivity contribution < 1.29 is 4.79 Å². The van der Waals surface area contributed by atoms with Gasteiger partial charge in [-0.15, -0.1) is 11.3 Å². The van der Waals surface area contributed by atoms with Crippen LogP contribution in [0.25, 0.3) is 0 Å². The van der Waals surface area contributed by atoms with Gasteiger partial charge in [-0.1, -0.05) is 0 Å². The van der Waals surface area contributed by atoms with Crippen LogP contribution in [0.1, 0.15) is 20.8 Å². The highest BCUT2D eigenvalue weighted by Gasteiger charge is 2.08. The fourth-order valence-electron chi connectivity index (χ4n) is 1.64. The van der Waals surface area contributed by atoms with Crippen molar-refractivity contribution in [3.63, 3.8) is 0 Å². The maximum Gasteiger partial charge on any atom is 0.254 e. The maximum atomic E-state index is 11.7. The number of hydrogen-bond acceptors (Lipinski definition) is 4. The number of hydrogen-bond donors (Lipinski definition) is 1. The van der Waals surface area contributed by atoms with Crippen LogP contribution in [-0.4, -0.2) is 29.9 Å². The second-order valence-corrected chi connectivity index (χ2v) is 5.51. The smallest absolute Gasteiger partial charge is 0.254 e. The molecule has 0 aliphatic carbocycles. The molecular weight excluding hydrogens is 258 g/mol.